The molecule has 12 rings (SSSR count). The summed E-state index contributed by atoms with van der Waals surface area (Å²) in [6.45, 7) is 17.6. The van der Waals surface area contributed by atoms with Gasteiger partial charge in [0.15, 0.2) is 0 Å². The summed E-state index contributed by atoms with van der Waals surface area (Å²) in [5.74, 6) is 0. The second-order valence-corrected chi connectivity index (χ2v) is 24.6. The van der Waals surface area contributed by atoms with Crippen molar-refractivity contribution >= 4 is 186 Å². The highest BCUT2D eigenvalue weighted by atomic mass is 32.1. The van der Waals surface area contributed by atoms with Gasteiger partial charge in [-0.05, 0) is 63.5 Å². The van der Waals surface area contributed by atoms with E-state index in [1.165, 1.54) is 0 Å². The molecule has 0 unspecified atom stereocenters. The average molecular weight is 1150 g/mol. The predicted octanol–water partition coefficient (Wildman–Crippen LogP) is 18.6. The van der Waals surface area contributed by atoms with E-state index in [9.17, 15) is 0 Å². The number of hydrogen-bond acceptors (Lipinski definition) is 20. The molecule has 20 heteroatoms. The normalized spacial score (nSPS) is 11.8. The molecule has 0 aliphatic carbocycles. The Morgan fingerprint density at radius 1 is 0.263 bits per heavy atom. The molecule has 0 saturated carbocycles. The van der Waals surface area contributed by atoms with E-state index < -0.39 is 0 Å². The van der Waals surface area contributed by atoms with Gasteiger partial charge in [0.25, 0.3) is 0 Å². The number of anilines is 12. The molecule has 0 aliphatic heterocycles. The van der Waals surface area contributed by atoms with Crippen molar-refractivity contribution < 1.29 is 0 Å². The molecule has 0 spiro atoms. The summed E-state index contributed by atoms with van der Waals surface area (Å²) in [7, 11) is 0. The number of benzene rings is 4. The number of rotatable bonds is 20. The van der Waals surface area contributed by atoms with Crippen molar-refractivity contribution in [1.82, 2.24) is 39.9 Å². The van der Waals surface area contributed by atoms with Crippen LogP contribution in [-0.4, -0.2) is 39.9 Å². The molecule has 8 aromatic heterocycles. The molecular formula is C56H54N12S8. The van der Waals surface area contributed by atoms with E-state index in [4.69, 9.17) is 39.9 Å². The lowest BCUT2D eigenvalue weighted by molar-refractivity contribution is 1.03. The van der Waals surface area contributed by atoms with Gasteiger partial charge in [0.2, 0.25) is 0 Å². The van der Waals surface area contributed by atoms with Crippen molar-refractivity contribution in [3.63, 3.8) is 0 Å². The number of aromatic nitrogens is 8. The highest BCUT2D eigenvalue weighted by Crippen LogP contribution is 2.58. The minimum atomic E-state index is 0.781. The van der Waals surface area contributed by atoms with Gasteiger partial charge in [0, 0.05) is 32.3 Å². The molecule has 0 saturated heterocycles. The quantitative estimate of drug-likeness (QED) is 0.0677. The Kier molecular flexibility index (Phi) is 14.4. The van der Waals surface area contributed by atoms with E-state index in [-0.39, 0.29) is 0 Å². The van der Waals surface area contributed by atoms with Gasteiger partial charge in [-0.15, -0.1) is 90.7 Å². The smallest absolute Gasteiger partial charge is 0.124 e. The molecule has 0 N–H and O–H groups in total. The van der Waals surface area contributed by atoms with Crippen LogP contribution >= 0.6 is 90.7 Å². The van der Waals surface area contributed by atoms with Gasteiger partial charge in [-0.2, -0.15) is 0 Å². The summed E-state index contributed by atoms with van der Waals surface area (Å²) in [6.07, 6.45) is 6.25. The van der Waals surface area contributed by atoms with Crippen molar-refractivity contribution in [3.8, 4) is 0 Å². The van der Waals surface area contributed by atoms with Crippen molar-refractivity contribution in [2.45, 2.75) is 107 Å². The zero-order valence-electron chi connectivity index (χ0n) is 43.4. The molecule has 0 amide bonds. The molecule has 0 radical (unpaired) electrons. The summed E-state index contributed by atoms with van der Waals surface area (Å²) in [6, 6.07) is 14.4. The second-order valence-electron chi connectivity index (χ2n) is 17.9. The van der Waals surface area contributed by atoms with Crippen molar-refractivity contribution in [2.24, 2.45) is 0 Å². The maximum atomic E-state index is 5.02. The average Bonchev–Trinajstić information content (AvgIpc) is 4.33. The molecular weight excluding hydrogens is 1100 g/mol. The summed E-state index contributed by atoms with van der Waals surface area (Å²) in [4.78, 5) is 50.1. The Labute approximate surface area is 474 Å². The molecule has 8 heterocycles. The van der Waals surface area contributed by atoms with E-state index in [0.29, 0.717) is 0 Å². The van der Waals surface area contributed by atoms with E-state index in [1.807, 2.05) is 44.1 Å². The number of nitrogens with zero attached hydrogens (tertiary/aromatic N) is 12. The molecule has 0 bridgehead atoms. The zero-order valence-corrected chi connectivity index (χ0v) is 49.9. The predicted molar refractivity (Wildman–Crippen MR) is 329 cm³/mol. The first-order valence-corrected chi connectivity index (χ1v) is 32.8. The van der Waals surface area contributed by atoms with Gasteiger partial charge in [-0.1, -0.05) is 79.7 Å². The Morgan fingerprint density at radius 3 is 0.566 bits per heavy atom. The van der Waals surface area contributed by atoms with Crippen molar-refractivity contribution in [2.75, 3.05) is 19.6 Å². The lowest BCUT2D eigenvalue weighted by Gasteiger charge is -2.33. The fourth-order valence-corrected chi connectivity index (χ4v) is 17.9. The van der Waals surface area contributed by atoms with Crippen LogP contribution in [0.25, 0.3) is 32.3 Å². The third-order valence-corrected chi connectivity index (χ3v) is 20.9. The third-order valence-electron chi connectivity index (χ3n) is 14.0. The van der Waals surface area contributed by atoms with Crippen LogP contribution < -0.4 is 19.6 Å². The molecule has 12 nitrogen and oxygen atoms in total. The van der Waals surface area contributed by atoms with Crippen molar-refractivity contribution in [1.29, 1.82) is 0 Å². The highest BCUT2D eigenvalue weighted by Gasteiger charge is 2.34. The Morgan fingerprint density at radius 2 is 0.421 bits per heavy atom. The van der Waals surface area contributed by atoms with Crippen LogP contribution in [0.15, 0.2) is 80.5 Å². The number of aryl methyl sites for hydroxylation is 8. The number of thiazole rings is 8. The first-order valence-electron chi connectivity index (χ1n) is 25.8. The minimum absolute atomic E-state index is 0.781. The highest BCUT2D eigenvalue weighted by molar-refractivity contribution is 7.18. The first kappa shape index (κ1) is 50.9. The molecule has 0 fully saturated rings. The van der Waals surface area contributed by atoms with Crippen LogP contribution in [-0.2, 0) is 51.4 Å². The molecule has 4 aromatic carbocycles. The molecule has 0 atom stereocenters. The van der Waals surface area contributed by atoms with E-state index in [0.717, 1.165) is 192 Å². The Hall–Kier alpha value is -5.84. The Bertz CT molecular complexity index is 3310. The van der Waals surface area contributed by atoms with Crippen LogP contribution in [0.2, 0.25) is 0 Å². The van der Waals surface area contributed by atoms with Gasteiger partial charge in [-0.25, -0.2) is 39.9 Å². The minimum Gasteiger partial charge on any atom is -0.289 e. The van der Waals surface area contributed by atoms with Gasteiger partial charge < -0.3 is 0 Å². The standard InChI is InChI=1S/C56H54N12S8/c1-9-35-49(69-23-57-35)65(50-36(10-2)58-24-70-50)43-21-44(66(51-37(11-3)59-25-71-51)52-38(12-4)60-26-72-52)32-19-20-34-46(68(55-41(15-7)63-29-75-55)56-42(16-8)64-30-76-56)22-45(33-18-17-31(43)47(32)48(33)34)67(53-39(13-5)61-27-73-53)54-40(14-6)62-28-74-54/h17-30H,9-16H2,1-8H3. The third kappa shape index (κ3) is 8.33. The SMILES string of the molecule is CCc1ncsc1N(c1scnc1CC)c1cc(N(c2scnc2CC)c2scnc2CC)c2ccc3c(N(c4scnc4CC)c4scnc4CC)cc(N(c4scnc4CC)c4scnc4CC)c4ccc1c2c43. The fourth-order valence-electron chi connectivity index (χ4n) is 10.4. The molecule has 76 heavy (non-hydrogen) atoms. The van der Waals surface area contributed by atoms with Gasteiger partial charge in [0.1, 0.15) is 40.0 Å². The second kappa shape index (κ2) is 21.5. The largest absolute Gasteiger partial charge is 0.289 e. The summed E-state index contributed by atoms with van der Waals surface area (Å²) in [5, 5.41) is 15.6. The first-order chi connectivity index (χ1) is 37.4. The molecule has 0 aliphatic rings. The van der Waals surface area contributed by atoms with E-state index >= 15 is 0 Å². The van der Waals surface area contributed by atoms with Gasteiger partial charge >= 0.3 is 0 Å². The Balaban J connectivity index is 1.32. The van der Waals surface area contributed by atoms with Crippen LogP contribution in [0.5, 0.6) is 0 Å². The van der Waals surface area contributed by atoms with Crippen LogP contribution in [0.3, 0.4) is 0 Å². The molecule has 386 valence electrons. The van der Waals surface area contributed by atoms with Crippen molar-refractivity contribution in [3.05, 3.63) is 126 Å². The summed E-state index contributed by atoms with van der Waals surface area (Å²) >= 11 is 13.5. The topological polar surface area (TPSA) is 116 Å². The van der Waals surface area contributed by atoms with Crippen LogP contribution in [0, 0.1) is 0 Å². The lowest BCUT2D eigenvalue weighted by atomic mass is 9.89. The summed E-state index contributed by atoms with van der Waals surface area (Å²) in [5.41, 5.74) is 28.6. The maximum absolute atomic E-state index is 5.02. The van der Waals surface area contributed by atoms with E-state index in [1.54, 1.807) is 90.7 Å². The molecule has 12 aromatic rings. The van der Waals surface area contributed by atoms with Crippen LogP contribution in [0.4, 0.5) is 62.8 Å². The fraction of sp³-hybridized carbons (Fsp3) is 0.286. The monoisotopic (exact) mass is 1150 g/mol. The van der Waals surface area contributed by atoms with Gasteiger partial charge in [-0.3, -0.25) is 19.6 Å². The van der Waals surface area contributed by atoms with Gasteiger partial charge in [0.05, 0.1) is 112 Å². The zero-order chi connectivity index (χ0) is 52.2. The lowest BCUT2D eigenvalue weighted by Crippen LogP contribution is -2.17. The summed E-state index contributed by atoms with van der Waals surface area (Å²) < 4.78 is 0. The van der Waals surface area contributed by atoms with E-state index in [2.05, 4.69) is 111 Å². The van der Waals surface area contributed by atoms with Crippen LogP contribution in [0.1, 0.15) is 101 Å². The number of hydrogen-bond donors (Lipinski definition) is 0. The maximum Gasteiger partial charge on any atom is 0.124 e.